The van der Waals surface area contributed by atoms with Crippen molar-refractivity contribution in [2.24, 2.45) is 5.92 Å². The average Bonchev–Trinajstić information content (AvgIpc) is 2.75. The number of hydrogen-bond donors (Lipinski definition) is 0. The van der Waals surface area contributed by atoms with Gasteiger partial charge in [-0.2, -0.15) is 0 Å². The van der Waals surface area contributed by atoms with Gasteiger partial charge in [0.05, 0.1) is 58.0 Å². The van der Waals surface area contributed by atoms with Crippen LogP contribution in [-0.4, -0.2) is 61.3 Å². The van der Waals surface area contributed by atoms with Crippen molar-refractivity contribution in [1.82, 2.24) is 0 Å². The van der Waals surface area contributed by atoms with Crippen molar-refractivity contribution in [3.05, 3.63) is 24.3 Å². The normalized spacial score (nSPS) is 12.9. The zero-order valence-electron chi connectivity index (χ0n) is 27.8. The Labute approximate surface area is 248 Å². The number of methoxy groups -OCH3 is 2. The van der Waals surface area contributed by atoms with Crippen LogP contribution in [0.1, 0.15) is 13.8 Å². The summed E-state index contributed by atoms with van der Waals surface area (Å²) in [6.07, 6.45) is 0. The van der Waals surface area contributed by atoms with Crippen LogP contribution in [0.25, 0.3) is 0 Å². The summed E-state index contributed by atoms with van der Waals surface area (Å²) in [6.45, 7) is 33.4. The third-order valence-electron chi connectivity index (χ3n) is 6.99. The fourth-order valence-corrected chi connectivity index (χ4v) is 13.3. The Balaban J connectivity index is 2.84. The largest absolute Gasteiger partial charge is 0.857 e. The van der Waals surface area contributed by atoms with Crippen LogP contribution in [0.5, 0.6) is 23.0 Å². The molecule has 0 aliphatic carbocycles. The standard InChI is InChI=1S/2C13H24O2Si2.C4H9.Al/c2*1-15-10-8-11(16(2,3)4)13(14)12(9-10)17(5,6)7;1-4(2)3;/h2*8-9,14H,1-7H3;4H,1H2,2-3H3;/q;;;+2/p-2. The maximum Gasteiger partial charge on any atom is 0.857 e. The Morgan fingerprint density at radius 2 is 0.795 bits per heavy atom. The molecule has 0 aromatic heterocycles. The molecule has 0 radical (unpaired) electrons. The van der Waals surface area contributed by atoms with Crippen molar-refractivity contribution in [2.45, 2.75) is 97.7 Å². The minimum absolute atomic E-state index is 0.481. The molecule has 0 amide bonds. The Morgan fingerprint density at radius 3 is 0.974 bits per heavy atom. The fourth-order valence-electron chi connectivity index (χ4n) is 4.69. The molecule has 0 spiro atoms. The van der Waals surface area contributed by atoms with E-state index in [0.29, 0.717) is 5.92 Å². The third-order valence-corrected chi connectivity index (χ3v) is 17.3. The monoisotopic (exact) mass is 618 g/mol. The number of ether oxygens (including phenoxy) is 2. The molecular weight excluding hydrogens is 564 g/mol. The van der Waals surface area contributed by atoms with Crippen LogP contribution in [0.3, 0.4) is 0 Å². The highest BCUT2D eigenvalue weighted by Gasteiger charge is 2.41. The summed E-state index contributed by atoms with van der Waals surface area (Å²) in [4.78, 5) is 0. The van der Waals surface area contributed by atoms with E-state index in [1.807, 2.05) is 0 Å². The van der Waals surface area contributed by atoms with Gasteiger partial charge in [-0.25, -0.2) is 0 Å². The van der Waals surface area contributed by atoms with Crippen molar-refractivity contribution in [3.63, 3.8) is 0 Å². The molecule has 218 valence electrons. The lowest BCUT2D eigenvalue weighted by Gasteiger charge is -2.33. The highest BCUT2D eigenvalue weighted by molar-refractivity contribution is 6.94. The summed E-state index contributed by atoms with van der Waals surface area (Å²) in [5.74, 6) is 4.57. The average molecular weight is 619 g/mol. The zero-order chi connectivity index (χ0) is 30.1. The molecule has 0 saturated heterocycles. The van der Waals surface area contributed by atoms with Crippen LogP contribution >= 0.6 is 0 Å². The molecule has 0 fully saturated rings. The topological polar surface area (TPSA) is 36.9 Å². The van der Waals surface area contributed by atoms with Gasteiger partial charge in [0.25, 0.3) is 0 Å². The molecule has 9 heteroatoms. The Morgan fingerprint density at radius 1 is 0.538 bits per heavy atom. The maximum atomic E-state index is 7.27. The maximum absolute atomic E-state index is 7.27. The van der Waals surface area contributed by atoms with E-state index in [4.69, 9.17) is 17.1 Å². The smallest absolute Gasteiger partial charge is 0.612 e. The molecule has 0 saturated carbocycles. The van der Waals surface area contributed by atoms with Crippen LogP contribution in [0.2, 0.25) is 83.8 Å². The van der Waals surface area contributed by atoms with Gasteiger partial charge in [-0.1, -0.05) is 98.3 Å². The lowest BCUT2D eigenvalue weighted by atomic mass is 10.3. The molecule has 0 bridgehead atoms. The van der Waals surface area contributed by atoms with E-state index in [2.05, 4.69) is 117 Å². The fraction of sp³-hybridized carbons (Fsp3) is 0.600. The van der Waals surface area contributed by atoms with Crippen LogP contribution in [0, 0.1) is 5.92 Å². The molecule has 0 unspecified atom stereocenters. The Kier molecular flexibility index (Phi) is 11.0. The molecule has 4 nitrogen and oxygen atoms in total. The SMILES string of the molecule is COc1cc([Si](C)(C)C)c([O][Al]([CH2]C(C)C)[O]c2c([Si](C)(C)C)cc(OC)cc2[Si](C)(C)C)c([Si](C)(C)C)c1. The van der Waals surface area contributed by atoms with Gasteiger partial charge < -0.3 is 17.1 Å². The van der Waals surface area contributed by atoms with E-state index >= 15 is 0 Å². The van der Waals surface area contributed by atoms with E-state index < -0.39 is 47.1 Å². The van der Waals surface area contributed by atoms with Crippen LogP contribution in [0.4, 0.5) is 0 Å². The van der Waals surface area contributed by atoms with E-state index in [0.717, 1.165) is 28.3 Å². The summed E-state index contributed by atoms with van der Waals surface area (Å²) in [5.41, 5.74) is 0. The van der Waals surface area contributed by atoms with Gasteiger partial charge in [-0.05, 0) is 50.3 Å². The molecular formula is C30H55AlO4Si4. The minimum atomic E-state index is -2.19. The summed E-state index contributed by atoms with van der Waals surface area (Å²) in [5, 5.41) is 6.32. The highest BCUT2D eigenvalue weighted by atomic mass is 28.3. The van der Waals surface area contributed by atoms with E-state index in [1.54, 1.807) is 14.2 Å². The summed E-state index contributed by atoms with van der Waals surface area (Å²) in [6, 6.07) is 8.95. The Hall–Kier alpha value is -0.960. The van der Waals surface area contributed by atoms with Gasteiger partial charge >= 0.3 is 14.8 Å². The van der Waals surface area contributed by atoms with Crippen LogP contribution in [-0.2, 0) is 0 Å². The van der Waals surface area contributed by atoms with E-state index in [1.165, 1.54) is 20.7 Å². The van der Waals surface area contributed by atoms with Crippen molar-refractivity contribution >= 4 is 67.9 Å². The predicted octanol–water partition coefficient (Wildman–Crippen LogP) is 6.49. The summed E-state index contributed by atoms with van der Waals surface area (Å²) < 4.78 is 26.1. The molecule has 2 rings (SSSR count). The van der Waals surface area contributed by atoms with Crippen LogP contribution < -0.4 is 37.8 Å². The van der Waals surface area contributed by atoms with Gasteiger partial charge in [0.1, 0.15) is 11.5 Å². The minimum Gasteiger partial charge on any atom is -0.612 e. The third kappa shape index (κ3) is 9.01. The first-order chi connectivity index (χ1) is 17.6. The molecule has 2 aromatic carbocycles. The second kappa shape index (κ2) is 12.5. The second-order valence-corrected chi connectivity index (χ2v) is 37.4. The molecule has 0 aliphatic heterocycles. The highest BCUT2D eigenvalue weighted by Crippen LogP contribution is 2.27. The van der Waals surface area contributed by atoms with Gasteiger partial charge in [0, 0.05) is 0 Å². The lowest BCUT2D eigenvalue weighted by Crippen LogP contribution is -2.51. The summed E-state index contributed by atoms with van der Waals surface area (Å²) in [7, 11) is -3.44. The molecule has 39 heavy (non-hydrogen) atoms. The van der Waals surface area contributed by atoms with Crippen molar-refractivity contribution in [3.8, 4) is 23.0 Å². The predicted molar refractivity (Wildman–Crippen MR) is 185 cm³/mol. The van der Waals surface area contributed by atoms with E-state index in [9.17, 15) is 0 Å². The Bertz CT molecular complexity index is 984. The lowest BCUT2D eigenvalue weighted by molar-refractivity contribution is 0.405. The van der Waals surface area contributed by atoms with Crippen molar-refractivity contribution in [1.29, 1.82) is 0 Å². The molecule has 0 heterocycles. The second-order valence-electron chi connectivity index (χ2n) is 15.4. The van der Waals surface area contributed by atoms with Gasteiger partial charge in [-0.3, -0.25) is 0 Å². The molecule has 0 atom stereocenters. The molecule has 0 aliphatic rings. The first-order valence-corrected chi connectivity index (χ1v) is 30.1. The first-order valence-electron chi connectivity index (χ1n) is 14.4. The van der Waals surface area contributed by atoms with Gasteiger partial charge in [0.2, 0.25) is 0 Å². The number of hydrogen-bond acceptors (Lipinski definition) is 4. The first kappa shape index (κ1) is 34.2. The molecule has 0 N–H and O–H groups in total. The van der Waals surface area contributed by atoms with Gasteiger partial charge in [0.15, 0.2) is 0 Å². The number of benzene rings is 2. The van der Waals surface area contributed by atoms with Crippen LogP contribution in [0.15, 0.2) is 24.3 Å². The zero-order valence-corrected chi connectivity index (χ0v) is 33.0. The van der Waals surface area contributed by atoms with E-state index in [-0.39, 0.29) is 0 Å². The quantitative estimate of drug-likeness (QED) is 0.255. The van der Waals surface area contributed by atoms with Gasteiger partial charge in [-0.15, -0.1) is 0 Å². The molecule has 2 aromatic rings. The number of rotatable bonds is 12. The van der Waals surface area contributed by atoms with Crippen molar-refractivity contribution in [2.75, 3.05) is 14.2 Å². The summed E-state index contributed by atoms with van der Waals surface area (Å²) >= 11 is -2.19. The van der Waals surface area contributed by atoms with Crippen molar-refractivity contribution < 1.29 is 17.1 Å².